The highest BCUT2D eigenvalue weighted by atomic mass is 16.5. The normalized spacial score (nSPS) is 21.6. The van der Waals surface area contributed by atoms with Gasteiger partial charge in [-0.25, -0.2) is 0 Å². The lowest BCUT2D eigenvalue weighted by molar-refractivity contribution is -0.148. The first kappa shape index (κ1) is 18.1. The number of carbonyl (C=O) groups is 1. The van der Waals surface area contributed by atoms with Gasteiger partial charge in [-0.2, -0.15) is 0 Å². The van der Waals surface area contributed by atoms with E-state index in [-0.39, 0.29) is 23.8 Å². The number of aromatic nitrogens is 3. The molecule has 144 valence electrons. The summed E-state index contributed by atoms with van der Waals surface area (Å²) in [5, 5.41) is 8.48. The molecular weight excluding hydrogens is 342 g/mol. The molecule has 4 rings (SSSR count). The van der Waals surface area contributed by atoms with Crippen molar-refractivity contribution in [2.75, 3.05) is 39.4 Å². The average Bonchev–Trinajstić information content (AvgIpc) is 3.22. The van der Waals surface area contributed by atoms with Crippen molar-refractivity contribution in [2.45, 2.75) is 19.4 Å². The third-order valence-corrected chi connectivity index (χ3v) is 5.82. The molecule has 1 atom stereocenters. The maximum Gasteiger partial charge on any atom is 0.248 e. The van der Waals surface area contributed by atoms with E-state index in [4.69, 9.17) is 4.74 Å². The van der Waals surface area contributed by atoms with Gasteiger partial charge in [0.1, 0.15) is 18.8 Å². The van der Waals surface area contributed by atoms with Crippen molar-refractivity contribution >= 4 is 5.91 Å². The van der Waals surface area contributed by atoms with Crippen LogP contribution in [-0.4, -0.2) is 69.9 Å². The Balaban J connectivity index is 1.50. The van der Waals surface area contributed by atoms with Gasteiger partial charge >= 0.3 is 0 Å². The number of likely N-dealkylation sites (tertiary alicyclic amines) is 2. The minimum absolute atomic E-state index is 0.0530. The first-order valence-corrected chi connectivity index (χ1v) is 9.57. The minimum Gasteiger partial charge on any atom is -0.372 e. The summed E-state index contributed by atoms with van der Waals surface area (Å²) in [6, 6.07) is 10.5. The van der Waals surface area contributed by atoms with Gasteiger partial charge in [0.15, 0.2) is 0 Å². The highest BCUT2D eigenvalue weighted by molar-refractivity contribution is 5.78. The van der Waals surface area contributed by atoms with Gasteiger partial charge < -0.3 is 14.2 Å². The molecule has 7 heteroatoms. The van der Waals surface area contributed by atoms with E-state index in [9.17, 15) is 4.79 Å². The fraction of sp³-hybridized carbons (Fsp3) is 0.550. The molecule has 1 amide bonds. The molecule has 1 aromatic carbocycles. The molecule has 1 unspecified atom stereocenters. The van der Waals surface area contributed by atoms with Crippen molar-refractivity contribution in [3.05, 3.63) is 48.0 Å². The molecule has 27 heavy (non-hydrogen) atoms. The van der Waals surface area contributed by atoms with Crippen LogP contribution in [0.15, 0.2) is 36.7 Å². The molecule has 0 saturated carbocycles. The molecule has 7 nitrogen and oxygen atoms in total. The highest BCUT2D eigenvalue weighted by Crippen LogP contribution is 2.48. The molecule has 2 fully saturated rings. The third kappa shape index (κ3) is 3.49. The van der Waals surface area contributed by atoms with Gasteiger partial charge in [0.25, 0.3) is 0 Å². The lowest BCUT2D eigenvalue weighted by Gasteiger charge is -2.50. The SMILES string of the molecule is CCOCC(=O)N1CC2(CN(Cc3ccccc3)CC2c2nncn2C)C1. The zero-order valence-corrected chi connectivity index (χ0v) is 16.0. The Morgan fingerprint density at radius 2 is 2.04 bits per heavy atom. The first-order valence-electron chi connectivity index (χ1n) is 9.57. The van der Waals surface area contributed by atoms with E-state index in [2.05, 4.69) is 39.4 Å². The molecule has 2 saturated heterocycles. The standard InChI is InChI=1S/C20H27N5O2/c1-3-27-11-18(26)25-13-20(14-25)12-24(9-16-7-5-4-6-8-16)10-17(20)19-22-21-15-23(19)2/h4-8,15,17H,3,9-14H2,1-2H3. The fourth-order valence-corrected chi connectivity index (χ4v) is 4.49. The summed E-state index contributed by atoms with van der Waals surface area (Å²) in [4.78, 5) is 16.7. The summed E-state index contributed by atoms with van der Waals surface area (Å²) in [6.45, 7) is 7.01. The van der Waals surface area contributed by atoms with E-state index in [0.29, 0.717) is 6.61 Å². The summed E-state index contributed by atoms with van der Waals surface area (Å²) in [7, 11) is 2.00. The average molecular weight is 369 g/mol. The highest BCUT2D eigenvalue weighted by Gasteiger charge is 2.56. The molecule has 2 aliphatic heterocycles. The number of hydrogen-bond donors (Lipinski definition) is 0. The molecule has 1 spiro atoms. The van der Waals surface area contributed by atoms with Gasteiger partial charge in [-0.05, 0) is 12.5 Å². The van der Waals surface area contributed by atoms with E-state index in [1.165, 1.54) is 5.56 Å². The number of benzene rings is 1. The van der Waals surface area contributed by atoms with Gasteiger partial charge in [0, 0.05) is 57.7 Å². The second-order valence-electron chi connectivity index (χ2n) is 7.76. The van der Waals surface area contributed by atoms with Crippen LogP contribution in [0.3, 0.4) is 0 Å². The molecule has 0 N–H and O–H groups in total. The van der Waals surface area contributed by atoms with Crippen molar-refractivity contribution in [3.63, 3.8) is 0 Å². The number of ether oxygens (including phenoxy) is 1. The maximum absolute atomic E-state index is 12.3. The van der Waals surface area contributed by atoms with Crippen LogP contribution in [-0.2, 0) is 23.1 Å². The van der Waals surface area contributed by atoms with E-state index in [1.54, 1.807) is 6.33 Å². The van der Waals surface area contributed by atoms with Gasteiger partial charge in [0.05, 0.1) is 0 Å². The van der Waals surface area contributed by atoms with Crippen LogP contribution in [0.4, 0.5) is 0 Å². The molecule has 2 aromatic rings. The van der Waals surface area contributed by atoms with Crippen molar-refractivity contribution < 1.29 is 9.53 Å². The second kappa shape index (κ2) is 7.40. The van der Waals surface area contributed by atoms with Crippen molar-refractivity contribution in [2.24, 2.45) is 12.5 Å². The molecule has 2 aliphatic rings. The summed E-state index contributed by atoms with van der Waals surface area (Å²) in [5.41, 5.74) is 1.37. The molecule has 1 aromatic heterocycles. The van der Waals surface area contributed by atoms with Crippen molar-refractivity contribution in [1.82, 2.24) is 24.6 Å². The van der Waals surface area contributed by atoms with Gasteiger partial charge in [-0.1, -0.05) is 30.3 Å². The largest absolute Gasteiger partial charge is 0.372 e. The Labute approximate surface area is 159 Å². The predicted octanol–water partition coefficient (Wildman–Crippen LogP) is 1.28. The Morgan fingerprint density at radius 3 is 2.70 bits per heavy atom. The quantitative estimate of drug-likeness (QED) is 0.768. The number of amides is 1. The lowest BCUT2D eigenvalue weighted by Crippen LogP contribution is -2.62. The molecule has 0 bridgehead atoms. The van der Waals surface area contributed by atoms with E-state index < -0.39 is 0 Å². The smallest absolute Gasteiger partial charge is 0.248 e. The first-order chi connectivity index (χ1) is 13.1. The third-order valence-electron chi connectivity index (χ3n) is 5.82. The van der Waals surface area contributed by atoms with Crippen LogP contribution in [0.25, 0.3) is 0 Å². The van der Waals surface area contributed by atoms with Gasteiger partial charge in [0.2, 0.25) is 5.91 Å². The number of aryl methyl sites for hydroxylation is 1. The van der Waals surface area contributed by atoms with Crippen LogP contribution in [0.1, 0.15) is 24.2 Å². The van der Waals surface area contributed by atoms with Crippen LogP contribution < -0.4 is 0 Å². The van der Waals surface area contributed by atoms with Crippen LogP contribution in [0.5, 0.6) is 0 Å². The zero-order valence-electron chi connectivity index (χ0n) is 16.0. The van der Waals surface area contributed by atoms with Crippen LogP contribution in [0.2, 0.25) is 0 Å². The molecular formula is C20H27N5O2. The summed E-state index contributed by atoms with van der Waals surface area (Å²) >= 11 is 0. The van der Waals surface area contributed by atoms with Crippen LogP contribution in [0, 0.1) is 5.41 Å². The molecule has 3 heterocycles. The van der Waals surface area contributed by atoms with Gasteiger partial charge in [-0.3, -0.25) is 9.69 Å². The topological polar surface area (TPSA) is 63.5 Å². The summed E-state index contributed by atoms with van der Waals surface area (Å²) < 4.78 is 7.31. The van der Waals surface area contributed by atoms with E-state index in [1.807, 2.05) is 29.5 Å². The minimum atomic E-state index is 0.0530. The lowest BCUT2D eigenvalue weighted by atomic mass is 9.71. The zero-order chi connectivity index (χ0) is 18.9. The predicted molar refractivity (Wildman–Crippen MR) is 101 cm³/mol. The number of rotatable bonds is 6. The Hall–Kier alpha value is -2.25. The summed E-state index contributed by atoms with van der Waals surface area (Å²) in [5.74, 6) is 1.38. The number of nitrogens with zero attached hydrogens (tertiary/aromatic N) is 5. The van der Waals surface area contributed by atoms with Crippen molar-refractivity contribution in [3.8, 4) is 0 Å². The monoisotopic (exact) mass is 369 g/mol. The van der Waals surface area contributed by atoms with Crippen LogP contribution >= 0.6 is 0 Å². The number of carbonyl (C=O) groups excluding carboxylic acids is 1. The van der Waals surface area contributed by atoms with Gasteiger partial charge in [-0.15, -0.1) is 10.2 Å². The molecule has 0 aliphatic carbocycles. The fourth-order valence-electron chi connectivity index (χ4n) is 4.49. The van der Waals surface area contributed by atoms with E-state index in [0.717, 1.165) is 38.5 Å². The summed E-state index contributed by atoms with van der Waals surface area (Å²) in [6.07, 6.45) is 1.76. The Kier molecular flexibility index (Phi) is 4.97. The number of hydrogen-bond acceptors (Lipinski definition) is 5. The molecule has 0 radical (unpaired) electrons. The van der Waals surface area contributed by atoms with E-state index >= 15 is 0 Å². The Morgan fingerprint density at radius 1 is 1.26 bits per heavy atom. The Bertz CT molecular complexity index is 785. The van der Waals surface area contributed by atoms with Crippen molar-refractivity contribution in [1.29, 1.82) is 0 Å². The second-order valence-corrected chi connectivity index (χ2v) is 7.76. The maximum atomic E-state index is 12.3.